The van der Waals surface area contributed by atoms with E-state index in [1.165, 1.54) is 0 Å². The van der Waals surface area contributed by atoms with Crippen LogP contribution in [0.25, 0.3) is 11.1 Å². The normalized spacial score (nSPS) is 20.9. The molecular formula is C24H31N3O2. The van der Waals surface area contributed by atoms with E-state index in [1.807, 2.05) is 74.7 Å². The van der Waals surface area contributed by atoms with E-state index in [0.29, 0.717) is 19.0 Å². The summed E-state index contributed by atoms with van der Waals surface area (Å²) in [5, 5.41) is 0. The SMILES string of the molecule is CN(C)c1ccc(-c2ccc3n(c2=O)C[C@H]2C[C@@H]3CN(C(=O)C(C)(C)C)C2)cc1. The highest BCUT2D eigenvalue weighted by molar-refractivity contribution is 5.81. The van der Waals surface area contributed by atoms with Crippen LogP contribution in [0.4, 0.5) is 5.69 Å². The van der Waals surface area contributed by atoms with Crippen molar-refractivity contribution in [3.8, 4) is 11.1 Å². The van der Waals surface area contributed by atoms with Crippen LogP contribution >= 0.6 is 0 Å². The fourth-order valence-electron chi connectivity index (χ4n) is 4.74. The second kappa shape index (κ2) is 7.05. The number of anilines is 1. The van der Waals surface area contributed by atoms with E-state index in [4.69, 9.17) is 0 Å². The summed E-state index contributed by atoms with van der Waals surface area (Å²) in [6.07, 6.45) is 1.06. The number of hydrogen-bond donors (Lipinski definition) is 0. The van der Waals surface area contributed by atoms with Gasteiger partial charge in [0.2, 0.25) is 5.91 Å². The number of rotatable bonds is 2. The largest absolute Gasteiger partial charge is 0.378 e. The minimum atomic E-state index is -0.367. The van der Waals surface area contributed by atoms with E-state index in [1.54, 1.807) is 0 Å². The molecule has 1 aromatic heterocycles. The first-order valence-corrected chi connectivity index (χ1v) is 10.5. The molecule has 5 heteroatoms. The predicted molar refractivity (Wildman–Crippen MR) is 117 cm³/mol. The Morgan fingerprint density at radius 2 is 1.69 bits per heavy atom. The van der Waals surface area contributed by atoms with Crippen LogP contribution in [0.5, 0.6) is 0 Å². The number of nitrogens with zero attached hydrogens (tertiary/aromatic N) is 3. The lowest BCUT2D eigenvalue weighted by atomic mass is 9.81. The number of carbonyl (C=O) groups is 1. The number of amides is 1. The molecule has 1 amide bonds. The van der Waals surface area contributed by atoms with Gasteiger partial charge in [-0.05, 0) is 42.2 Å². The van der Waals surface area contributed by atoms with Crippen molar-refractivity contribution in [1.29, 1.82) is 0 Å². The Balaban J connectivity index is 1.66. The molecule has 1 aromatic carbocycles. The van der Waals surface area contributed by atoms with E-state index in [0.717, 1.165) is 35.5 Å². The summed E-state index contributed by atoms with van der Waals surface area (Å²) in [5.74, 6) is 0.795. The fraction of sp³-hybridized carbons (Fsp3) is 0.500. The van der Waals surface area contributed by atoms with Crippen molar-refractivity contribution in [1.82, 2.24) is 9.47 Å². The van der Waals surface area contributed by atoms with E-state index in [-0.39, 0.29) is 22.8 Å². The number of benzene rings is 1. The maximum Gasteiger partial charge on any atom is 0.258 e. The molecule has 2 atom stereocenters. The number of hydrogen-bond acceptors (Lipinski definition) is 3. The number of piperidine rings is 1. The van der Waals surface area contributed by atoms with Gasteiger partial charge >= 0.3 is 0 Å². The number of aromatic nitrogens is 1. The van der Waals surface area contributed by atoms with Gasteiger partial charge in [-0.15, -0.1) is 0 Å². The first kappa shape index (κ1) is 19.7. The molecule has 0 radical (unpaired) electrons. The van der Waals surface area contributed by atoms with E-state index in [9.17, 15) is 9.59 Å². The summed E-state index contributed by atoms with van der Waals surface area (Å²) in [6, 6.07) is 12.2. The molecular weight excluding hydrogens is 362 g/mol. The van der Waals surface area contributed by atoms with Gasteiger partial charge < -0.3 is 14.4 Å². The Bertz CT molecular complexity index is 983. The fourth-order valence-corrected chi connectivity index (χ4v) is 4.74. The average Bonchev–Trinajstić information content (AvgIpc) is 2.67. The van der Waals surface area contributed by atoms with Crippen LogP contribution < -0.4 is 10.5 Å². The standard InChI is InChI=1S/C24H31N3O2/c1-24(2,3)23(29)26-13-16-12-18(15-26)21-11-10-20(22(28)27(21)14-16)17-6-8-19(9-7-17)25(4)5/h6-11,16,18H,12-15H2,1-5H3/t16-,18+/m0/s1. The lowest BCUT2D eigenvalue weighted by molar-refractivity contribution is -0.142. The smallest absolute Gasteiger partial charge is 0.258 e. The van der Waals surface area contributed by atoms with Gasteiger partial charge in [0.15, 0.2) is 0 Å². The summed E-state index contributed by atoms with van der Waals surface area (Å²) >= 11 is 0. The van der Waals surface area contributed by atoms with E-state index < -0.39 is 0 Å². The van der Waals surface area contributed by atoms with Crippen molar-refractivity contribution >= 4 is 11.6 Å². The monoisotopic (exact) mass is 393 g/mol. The molecule has 0 unspecified atom stereocenters. The summed E-state index contributed by atoms with van der Waals surface area (Å²) in [7, 11) is 4.02. The third-order valence-corrected chi connectivity index (χ3v) is 6.23. The van der Waals surface area contributed by atoms with Crippen molar-refractivity contribution in [2.24, 2.45) is 11.3 Å². The van der Waals surface area contributed by atoms with Crippen molar-refractivity contribution in [3.63, 3.8) is 0 Å². The lowest BCUT2D eigenvalue weighted by Gasteiger charge is -2.44. The zero-order chi connectivity index (χ0) is 20.9. The summed E-state index contributed by atoms with van der Waals surface area (Å²) in [5.41, 5.74) is 3.62. The first-order chi connectivity index (χ1) is 13.6. The number of pyridine rings is 1. The average molecular weight is 394 g/mol. The molecule has 4 rings (SSSR count). The number of likely N-dealkylation sites (tertiary alicyclic amines) is 1. The van der Waals surface area contributed by atoms with Crippen LogP contribution in [-0.2, 0) is 11.3 Å². The zero-order valence-electron chi connectivity index (χ0n) is 18.1. The number of fused-ring (bicyclic) bond motifs is 4. The number of carbonyl (C=O) groups excluding carboxylic acids is 1. The third-order valence-electron chi connectivity index (χ3n) is 6.23. The third kappa shape index (κ3) is 3.59. The molecule has 2 aliphatic rings. The first-order valence-electron chi connectivity index (χ1n) is 10.5. The van der Waals surface area contributed by atoms with Crippen molar-refractivity contribution in [2.75, 3.05) is 32.1 Å². The van der Waals surface area contributed by atoms with Crippen molar-refractivity contribution in [3.05, 3.63) is 52.4 Å². The highest BCUT2D eigenvalue weighted by Crippen LogP contribution is 2.37. The topological polar surface area (TPSA) is 45.6 Å². The molecule has 0 spiro atoms. The maximum absolute atomic E-state index is 13.3. The Morgan fingerprint density at radius 3 is 2.31 bits per heavy atom. The predicted octanol–water partition coefficient (Wildman–Crippen LogP) is 3.57. The molecule has 0 aliphatic carbocycles. The molecule has 5 nitrogen and oxygen atoms in total. The van der Waals surface area contributed by atoms with Crippen LogP contribution in [0.3, 0.4) is 0 Å². The van der Waals surface area contributed by atoms with Gasteiger partial charge in [-0.25, -0.2) is 0 Å². The quantitative estimate of drug-likeness (QED) is 0.784. The van der Waals surface area contributed by atoms with Crippen LogP contribution in [-0.4, -0.2) is 42.6 Å². The Kier molecular flexibility index (Phi) is 4.80. The van der Waals surface area contributed by atoms with Crippen LogP contribution in [0.1, 0.15) is 38.8 Å². The van der Waals surface area contributed by atoms with Gasteiger partial charge in [0, 0.05) is 62.0 Å². The summed E-state index contributed by atoms with van der Waals surface area (Å²) in [6.45, 7) is 8.09. The Labute approximate surface area is 172 Å². The molecule has 1 saturated heterocycles. The van der Waals surface area contributed by atoms with Gasteiger partial charge in [-0.2, -0.15) is 0 Å². The van der Waals surface area contributed by atoms with E-state index >= 15 is 0 Å². The highest BCUT2D eigenvalue weighted by atomic mass is 16.2. The second-order valence-electron chi connectivity index (χ2n) is 9.79. The molecule has 29 heavy (non-hydrogen) atoms. The van der Waals surface area contributed by atoms with Gasteiger partial charge in [0.05, 0.1) is 0 Å². The molecule has 2 aromatic rings. The minimum Gasteiger partial charge on any atom is -0.378 e. The van der Waals surface area contributed by atoms with Crippen molar-refractivity contribution < 1.29 is 4.79 Å². The molecule has 2 aliphatic heterocycles. The minimum absolute atomic E-state index is 0.0883. The van der Waals surface area contributed by atoms with E-state index in [2.05, 4.69) is 11.0 Å². The summed E-state index contributed by atoms with van der Waals surface area (Å²) in [4.78, 5) is 30.2. The molecule has 3 heterocycles. The highest BCUT2D eigenvalue weighted by Gasteiger charge is 2.39. The Hall–Kier alpha value is -2.56. The molecule has 1 fully saturated rings. The molecule has 0 N–H and O–H groups in total. The van der Waals surface area contributed by atoms with Gasteiger partial charge in [0.1, 0.15) is 0 Å². The molecule has 2 bridgehead atoms. The van der Waals surface area contributed by atoms with Crippen LogP contribution in [0, 0.1) is 11.3 Å². The Morgan fingerprint density at radius 1 is 1.00 bits per heavy atom. The maximum atomic E-state index is 13.3. The second-order valence-corrected chi connectivity index (χ2v) is 9.79. The molecule has 154 valence electrons. The molecule has 0 saturated carbocycles. The van der Waals surface area contributed by atoms with Gasteiger partial charge in [0.25, 0.3) is 5.56 Å². The summed E-state index contributed by atoms with van der Waals surface area (Å²) < 4.78 is 1.97. The van der Waals surface area contributed by atoms with Gasteiger partial charge in [-0.1, -0.05) is 32.9 Å². The van der Waals surface area contributed by atoms with Crippen LogP contribution in [0.15, 0.2) is 41.2 Å². The zero-order valence-corrected chi connectivity index (χ0v) is 18.1. The van der Waals surface area contributed by atoms with Crippen LogP contribution in [0.2, 0.25) is 0 Å². The lowest BCUT2D eigenvalue weighted by Crippen LogP contribution is -2.51. The van der Waals surface area contributed by atoms with Gasteiger partial charge in [-0.3, -0.25) is 9.59 Å². The van der Waals surface area contributed by atoms with Crippen molar-refractivity contribution in [2.45, 2.75) is 39.7 Å².